The Hall–Kier alpha value is -0.380. The van der Waals surface area contributed by atoms with Crippen molar-refractivity contribution in [3.05, 3.63) is 34.2 Å². The Morgan fingerprint density at radius 1 is 1.36 bits per heavy atom. The number of benzene rings is 1. The number of aliphatic hydroxyl groups excluding tert-OH is 1. The SMILES string of the molecule is Cc1cc(CBr)cc2cc(CO)sc12. The fraction of sp³-hybridized carbons (Fsp3) is 0.273. The molecule has 2 rings (SSSR count). The van der Waals surface area contributed by atoms with Gasteiger partial charge in [0.1, 0.15) is 0 Å². The minimum Gasteiger partial charge on any atom is -0.391 e. The minimum absolute atomic E-state index is 0.141. The summed E-state index contributed by atoms with van der Waals surface area (Å²) in [4.78, 5) is 1.04. The maximum Gasteiger partial charge on any atom is 0.0774 e. The van der Waals surface area contributed by atoms with Gasteiger partial charge < -0.3 is 5.11 Å². The number of aryl methyl sites for hydroxylation is 1. The Morgan fingerprint density at radius 2 is 2.14 bits per heavy atom. The summed E-state index contributed by atoms with van der Waals surface area (Å²) in [5.41, 5.74) is 2.58. The van der Waals surface area contributed by atoms with Crippen molar-refractivity contribution >= 4 is 37.4 Å². The van der Waals surface area contributed by atoms with Crippen LogP contribution in [-0.4, -0.2) is 5.11 Å². The molecule has 0 unspecified atom stereocenters. The molecular formula is C11H11BrOS. The van der Waals surface area contributed by atoms with Crippen molar-refractivity contribution in [1.29, 1.82) is 0 Å². The topological polar surface area (TPSA) is 20.2 Å². The fourth-order valence-corrected chi connectivity index (χ4v) is 2.91. The van der Waals surface area contributed by atoms with Crippen LogP contribution in [-0.2, 0) is 11.9 Å². The molecule has 0 fully saturated rings. The van der Waals surface area contributed by atoms with Crippen LogP contribution in [0.4, 0.5) is 0 Å². The third-order valence-electron chi connectivity index (χ3n) is 2.22. The Kier molecular flexibility index (Phi) is 2.91. The van der Waals surface area contributed by atoms with Crippen LogP contribution in [0.2, 0.25) is 0 Å². The molecule has 0 amide bonds. The highest BCUT2D eigenvalue weighted by Crippen LogP contribution is 2.30. The Bertz CT molecular complexity index is 462. The highest BCUT2D eigenvalue weighted by molar-refractivity contribution is 9.08. The number of halogens is 1. The van der Waals surface area contributed by atoms with E-state index >= 15 is 0 Å². The molecule has 1 N–H and O–H groups in total. The molecule has 0 aliphatic rings. The molecule has 0 radical (unpaired) electrons. The largest absolute Gasteiger partial charge is 0.391 e. The second-order valence-electron chi connectivity index (χ2n) is 3.34. The van der Waals surface area contributed by atoms with Crippen LogP contribution < -0.4 is 0 Å². The van der Waals surface area contributed by atoms with Crippen molar-refractivity contribution in [1.82, 2.24) is 0 Å². The van der Waals surface area contributed by atoms with Crippen LogP contribution in [0, 0.1) is 6.92 Å². The van der Waals surface area contributed by atoms with Crippen molar-refractivity contribution < 1.29 is 5.11 Å². The first-order valence-corrected chi connectivity index (χ1v) is 6.37. The molecule has 1 aromatic carbocycles. The van der Waals surface area contributed by atoms with E-state index in [0.717, 1.165) is 10.2 Å². The van der Waals surface area contributed by atoms with Crippen molar-refractivity contribution in [3.8, 4) is 0 Å². The number of rotatable bonds is 2. The zero-order valence-electron chi connectivity index (χ0n) is 7.88. The standard InChI is InChI=1S/C11H11BrOS/c1-7-2-8(5-12)3-9-4-10(6-13)14-11(7)9/h2-4,13H,5-6H2,1H3. The van der Waals surface area contributed by atoms with Crippen LogP contribution in [0.25, 0.3) is 10.1 Å². The van der Waals surface area contributed by atoms with E-state index in [1.165, 1.54) is 21.2 Å². The van der Waals surface area contributed by atoms with E-state index in [1.807, 2.05) is 0 Å². The zero-order chi connectivity index (χ0) is 10.1. The molecule has 1 nitrogen and oxygen atoms in total. The molecule has 0 bridgehead atoms. The van der Waals surface area contributed by atoms with E-state index in [1.54, 1.807) is 11.3 Å². The summed E-state index contributed by atoms with van der Waals surface area (Å²) in [6.45, 7) is 2.26. The van der Waals surface area contributed by atoms with E-state index < -0.39 is 0 Å². The van der Waals surface area contributed by atoms with Crippen LogP contribution in [0.3, 0.4) is 0 Å². The molecule has 0 atom stereocenters. The van der Waals surface area contributed by atoms with Crippen molar-refractivity contribution in [2.24, 2.45) is 0 Å². The maximum atomic E-state index is 9.06. The molecular weight excluding hydrogens is 260 g/mol. The molecule has 2 aromatic rings. The summed E-state index contributed by atoms with van der Waals surface area (Å²) in [6, 6.07) is 6.43. The van der Waals surface area contributed by atoms with Crippen LogP contribution in [0.5, 0.6) is 0 Å². The monoisotopic (exact) mass is 270 g/mol. The number of aliphatic hydroxyl groups is 1. The molecule has 0 saturated carbocycles. The van der Waals surface area contributed by atoms with Gasteiger partial charge in [-0.05, 0) is 35.6 Å². The van der Waals surface area contributed by atoms with Crippen LogP contribution >= 0.6 is 27.3 Å². The van der Waals surface area contributed by atoms with Gasteiger partial charge in [-0.1, -0.05) is 22.0 Å². The summed E-state index contributed by atoms with van der Waals surface area (Å²) in [6.07, 6.45) is 0. The summed E-state index contributed by atoms with van der Waals surface area (Å²) in [5.74, 6) is 0. The predicted molar refractivity (Wildman–Crippen MR) is 65.1 cm³/mol. The van der Waals surface area contributed by atoms with Gasteiger partial charge in [0, 0.05) is 14.9 Å². The van der Waals surface area contributed by atoms with E-state index in [0.29, 0.717) is 0 Å². The highest BCUT2D eigenvalue weighted by Gasteiger charge is 2.05. The Morgan fingerprint density at radius 3 is 2.79 bits per heavy atom. The smallest absolute Gasteiger partial charge is 0.0774 e. The number of fused-ring (bicyclic) bond motifs is 1. The predicted octanol–water partition coefficient (Wildman–Crippen LogP) is 3.60. The van der Waals surface area contributed by atoms with Gasteiger partial charge in [-0.3, -0.25) is 0 Å². The average Bonchev–Trinajstić information content (AvgIpc) is 2.61. The second-order valence-corrected chi connectivity index (χ2v) is 5.03. The van der Waals surface area contributed by atoms with Gasteiger partial charge in [0.2, 0.25) is 0 Å². The summed E-state index contributed by atoms with van der Waals surface area (Å²) < 4.78 is 1.29. The second kappa shape index (κ2) is 4.01. The Balaban J connectivity index is 2.67. The van der Waals surface area contributed by atoms with E-state index in [9.17, 15) is 0 Å². The lowest BCUT2D eigenvalue weighted by molar-refractivity contribution is 0.285. The molecule has 74 valence electrons. The first kappa shape index (κ1) is 10.1. The summed E-state index contributed by atoms with van der Waals surface area (Å²) in [5, 5.41) is 11.2. The quantitative estimate of drug-likeness (QED) is 0.827. The van der Waals surface area contributed by atoms with Gasteiger partial charge in [-0.25, -0.2) is 0 Å². The third kappa shape index (κ3) is 1.72. The molecule has 0 aliphatic heterocycles. The van der Waals surface area contributed by atoms with Gasteiger partial charge in [-0.15, -0.1) is 11.3 Å². The number of thiophene rings is 1. The van der Waals surface area contributed by atoms with Crippen molar-refractivity contribution in [3.63, 3.8) is 0 Å². The van der Waals surface area contributed by atoms with E-state index in [-0.39, 0.29) is 6.61 Å². The lowest BCUT2D eigenvalue weighted by atomic mass is 10.1. The maximum absolute atomic E-state index is 9.06. The average molecular weight is 271 g/mol. The summed E-state index contributed by atoms with van der Waals surface area (Å²) in [7, 11) is 0. The summed E-state index contributed by atoms with van der Waals surface area (Å²) >= 11 is 5.13. The lowest BCUT2D eigenvalue weighted by Gasteiger charge is -1.99. The van der Waals surface area contributed by atoms with E-state index in [2.05, 4.69) is 41.1 Å². The minimum atomic E-state index is 0.141. The zero-order valence-corrected chi connectivity index (χ0v) is 10.3. The third-order valence-corrected chi connectivity index (χ3v) is 4.14. The molecule has 1 aromatic heterocycles. The molecule has 1 heterocycles. The van der Waals surface area contributed by atoms with Gasteiger partial charge >= 0.3 is 0 Å². The Labute approximate surface area is 95.5 Å². The van der Waals surface area contributed by atoms with Gasteiger partial charge in [0.15, 0.2) is 0 Å². The molecule has 14 heavy (non-hydrogen) atoms. The lowest BCUT2D eigenvalue weighted by Crippen LogP contribution is -1.79. The number of hydrogen-bond donors (Lipinski definition) is 1. The fourth-order valence-electron chi connectivity index (χ4n) is 1.61. The molecule has 0 aliphatic carbocycles. The molecule has 3 heteroatoms. The number of hydrogen-bond acceptors (Lipinski definition) is 2. The van der Waals surface area contributed by atoms with Crippen molar-refractivity contribution in [2.75, 3.05) is 0 Å². The van der Waals surface area contributed by atoms with E-state index in [4.69, 9.17) is 5.11 Å². The number of alkyl halides is 1. The van der Waals surface area contributed by atoms with Crippen LogP contribution in [0.1, 0.15) is 16.0 Å². The van der Waals surface area contributed by atoms with Crippen LogP contribution in [0.15, 0.2) is 18.2 Å². The molecule has 0 saturated heterocycles. The first-order chi connectivity index (χ1) is 6.74. The first-order valence-electron chi connectivity index (χ1n) is 4.43. The van der Waals surface area contributed by atoms with Gasteiger partial charge in [-0.2, -0.15) is 0 Å². The van der Waals surface area contributed by atoms with Crippen molar-refractivity contribution in [2.45, 2.75) is 18.9 Å². The normalized spacial score (nSPS) is 11.1. The van der Waals surface area contributed by atoms with Gasteiger partial charge in [0.25, 0.3) is 0 Å². The molecule has 0 spiro atoms. The van der Waals surface area contributed by atoms with Gasteiger partial charge in [0.05, 0.1) is 6.61 Å². The highest BCUT2D eigenvalue weighted by atomic mass is 79.9.